The second-order valence-corrected chi connectivity index (χ2v) is 7.60. The van der Waals surface area contributed by atoms with Crippen LogP contribution in [0.15, 0.2) is 71.5 Å². The number of hydrogen-bond donors (Lipinski definition) is 1. The van der Waals surface area contributed by atoms with Gasteiger partial charge in [-0.2, -0.15) is 5.10 Å². The fraction of sp³-hybridized carbons (Fsp3) is 0.238. The molecule has 0 unspecified atom stereocenters. The van der Waals surface area contributed by atoms with Crippen molar-refractivity contribution in [3.63, 3.8) is 0 Å². The molecule has 0 spiro atoms. The van der Waals surface area contributed by atoms with Crippen LogP contribution in [0.25, 0.3) is 0 Å². The van der Waals surface area contributed by atoms with Crippen LogP contribution in [0.3, 0.4) is 0 Å². The van der Waals surface area contributed by atoms with Crippen LogP contribution in [0.2, 0.25) is 0 Å². The maximum Gasteiger partial charge on any atom is 0.235 e. The Kier molecular flexibility index (Phi) is 4.99. The molecule has 1 aliphatic carbocycles. The number of benzene rings is 2. The van der Waals surface area contributed by atoms with Crippen LogP contribution in [-0.2, 0) is 16.8 Å². The second kappa shape index (κ2) is 7.56. The molecule has 2 aromatic carbocycles. The number of anilines is 1. The molecule has 1 aromatic heterocycles. The molecule has 6 heteroatoms. The first-order chi connectivity index (χ1) is 13.2. The van der Waals surface area contributed by atoms with Crippen molar-refractivity contribution in [2.75, 3.05) is 11.9 Å². The third-order valence-electron chi connectivity index (χ3n) is 4.82. The first-order valence-corrected chi connectivity index (χ1v) is 9.73. The van der Waals surface area contributed by atoms with E-state index in [4.69, 9.17) is 4.74 Å². The zero-order valence-electron chi connectivity index (χ0n) is 14.8. The summed E-state index contributed by atoms with van der Waals surface area (Å²) in [7, 11) is 0. The SMILES string of the molecule is O=C(Nc1cccc(OCCn2cccn2)c1)C1(c2ccc(Br)cc2)CC1. The van der Waals surface area contributed by atoms with Gasteiger partial charge in [0.1, 0.15) is 12.4 Å². The Bertz CT molecular complexity index is 919. The summed E-state index contributed by atoms with van der Waals surface area (Å²) in [5, 5.41) is 7.20. The average molecular weight is 426 g/mol. The van der Waals surface area contributed by atoms with Gasteiger partial charge in [0, 0.05) is 28.6 Å². The Morgan fingerprint density at radius 2 is 2.00 bits per heavy atom. The molecule has 0 bridgehead atoms. The van der Waals surface area contributed by atoms with E-state index in [0.717, 1.165) is 34.3 Å². The number of aromatic nitrogens is 2. The van der Waals surface area contributed by atoms with Gasteiger partial charge >= 0.3 is 0 Å². The fourth-order valence-corrected chi connectivity index (χ4v) is 3.41. The van der Waals surface area contributed by atoms with Gasteiger partial charge < -0.3 is 10.1 Å². The molecule has 1 heterocycles. The standard InChI is InChI=1S/C21H20BrN3O2/c22-17-7-5-16(6-8-17)21(9-10-21)20(26)24-18-3-1-4-19(15-18)27-14-13-25-12-2-11-23-25/h1-8,11-12,15H,9-10,13-14H2,(H,24,26). The van der Waals surface area contributed by atoms with E-state index >= 15 is 0 Å². The van der Waals surface area contributed by atoms with Crippen LogP contribution in [0.5, 0.6) is 5.75 Å². The van der Waals surface area contributed by atoms with Gasteiger partial charge in [0.2, 0.25) is 5.91 Å². The lowest BCUT2D eigenvalue weighted by atomic mass is 9.95. The van der Waals surface area contributed by atoms with Crippen molar-refractivity contribution in [2.24, 2.45) is 0 Å². The third-order valence-corrected chi connectivity index (χ3v) is 5.35. The maximum absolute atomic E-state index is 12.9. The van der Waals surface area contributed by atoms with Crippen molar-refractivity contribution in [3.05, 3.63) is 77.0 Å². The zero-order valence-corrected chi connectivity index (χ0v) is 16.4. The molecule has 1 N–H and O–H groups in total. The largest absolute Gasteiger partial charge is 0.492 e. The van der Waals surface area contributed by atoms with Crippen LogP contribution in [0.4, 0.5) is 5.69 Å². The van der Waals surface area contributed by atoms with Crippen LogP contribution >= 0.6 is 15.9 Å². The fourth-order valence-electron chi connectivity index (χ4n) is 3.14. The molecule has 27 heavy (non-hydrogen) atoms. The Morgan fingerprint density at radius 3 is 2.70 bits per heavy atom. The minimum atomic E-state index is -0.405. The van der Waals surface area contributed by atoms with Gasteiger partial charge in [0.15, 0.2) is 0 Å². The highest BCUT2D eigenvalue weighted by Crippen LogP contribution is 2.49. The van der Waals surface area contributed by atoms with Crippen LogP contribution in [0.1, 0.15) is 18.4 Å². The number of ether oxygens (including phenoxy) is 1. The Balaban J connectivity index is 1.39. The smallest absolute Gasteiger partial charge is 0.235 e. The number of amides is 1. The van der Waals surface area contributed by atoms with E-state index in [1.807, 2.05) is 65.5 Å². The van der Waals surface area contributed by atoms with Gasteiger partial charge in [0.05, 0.1) is 12.0 Å². The zero-order chi connectivity index (χ0) is 18.7. The molecule has 1 fully saturated rings. The predicted octanol–water partition coefficient (Wildman–Crippen LogP) is 4.39. The predicted molar refractivity (Wildman–Crippen MR) is 108 cm³/mol. The highest BCUT2D eigenvalue weighted by atomic mass is 79.9. The second-order valence-electron chi connectivity index (χ2n) is 6.69. The summed E-state index contributed by atoms with van der Waals surface area (Å²) in [5.41, 5.74) is 1.41. The molecule has 0 atom stereocenters. The van der Waals surface area contributed by atoms with Crippen molar-refractivity contribution in [3.8, 4) is 5.75 Å². The Hall–Kier alpha value is -2.60. The van der Waals surface area contributed by atoms with Crippen LogP contribution in [0, 0.1) is 0 Å². The summed E-state index contributed by atoms with van der Waals surface area (Å²) in [6.45, 7) is 1.19. The molecule has 0 radical (unpaired) electrons. The molecule has 138 valence electrons. The molecule has 5 nitrogen and oxygen atoms in total. The lowest BCUT2D eigenvalue weighted by Gasteiger charge is -2.16. The maximum atomic E-state index is 12.9. The minimum absolute atomic E-state index is 0.0403. The van der Waals surface area contributed by atoms with E-state index < -0.39 is 5.41 Å². The average Bonchev–Trinajstić information content (AvgIpc) is 3.32. The third kappa shape index (κ3) is 4.06. The molecule has 4 rings (SSSR count). The first-order valence-electron chi connectivity index (χ1n) is 8.94. The van der Waals surface area contributed by atoms with Crippen molar-refractivity contribution >= 4 is 27.5 Å². The van der Waals surface area contributed by atoms with Gasteiger partial charge in [-0.1, -0.05) is 34.1 Å². The lowest BCUT2D eigenvalue weighted by molar-refractivity contribution is -0.118. The summed E-state index contributed by atoms with van der Waals surface area (Å²) in [6.07, 6.45) is 5.40. The van der Waals surface area contributed by atoms with Crippen molar-refractivity contribution < 1.29 is 9.53 Å². The number of carbonyl (C=O) groups excluding carboxylic acids is 1. The van der Waals surface area contributed by atoms with Gasteiger partial charge in [-0.25, -0.2) is 0 Å². The molecule has 3 aromatic rings. The molecule has 1 aliphatic rings. The number of nitrogens with one attached hydrogen (secondary N) is 1. The first kappa shape index (κ1) is 17.8. The van der Waals surface area contributed by atoms with E-state index in [0.29, 0.717) is 13.2 Å². The van der Waals surface area contributed by atoms with Gasteiger partial charge in [-0.15, -0.1) is 0 Å². The topological polar surface area (TPSA) is 56.1 Å². The Morgan fingerprint density at radius 1 is 1.19 bits per heavy atom. The van der Waals surface area contributed by atoms with E-state index in [2.05, 4.69) is 26.3 Å². The van der Waals surface area contributed by atoms with E-state index in [9.17, 15) is 4.79 Å². The Labute approximate surface area is 166 Å². The number of halogens is 1. The summed E-state index contributed by atoms with van der Waals surface area (Å²) < 4.78 is 8.62. The number of nitrogens with zero attached hydrogens (tertiary/aromatic N) is 2. The van der Waals surface area contributed by atoms with Crippen molar-refractivity contribution in [1.82, 2.24) is 9.78 Å². The minimum Gasteiger partial charge on any atom is -0.492 e. The van der Waals surface area contributed by atoms with E-state index in [1.54, 1.807) is 6.20 Å². The van der Waals surface area contributed by atoms with Crippen molar-refractivity contribution in [1.29, 1.82) is 0 Å². The summed E-state index contributed by atoms with van der Waals surface area (Å²) in [4.78, 5) is 12.9. The molecular weight excluding hydrogens is 406 g/mol. The summed E-state index contributed by atoms with van der Waals surface area (Å²) >= 11 is 3.44. The highest BCUT2D eigenvalue weighted by molar-refractivity contribution is 9.10. The number of rotatable bonds is 7. The number of carbonyl (C=O) groups is 1. The van der Waals surface area contributed by atoms with Crippen LogP contribution in [-0.4, -0.2) is 22.3 Å². The molecule has 0 saturated heterocycles. The monoisotopic (exact) mass is 425 g/mol. The van der Waals surface area contributed by atoms with Gasteiger partial charge in [-0.05, 0) is 48.7 Å². The molecular formula is C21H20BrN3O2. The normalized spacial score (nSPS) is 14.6. The molecule has 1 saturated carbocycles. The lowest BCUT2D eigenvalue weighted by Crippen LogP contribution is -2.27. The summed E-state index contributed by atoms with van der Waals surface area (Å²) in [5.74, 6) is 0.770. The summed E-state index contributed by atoms with van der Waals surface area (Å²) in [6, 6.07) is 17.4. The molecule has 1 amide bonds. The van der Waals surface area contributed by atoms with Gasteiger partial charge in [0.25, 0.3) is 0 Å². The highest BCUT2D eigenvalue weighted by Gasteiger charge is 2.51. The van der Waals surface area contributed by atoms with E-state index in [-0.39, 0.29) is 5.91 Å². The van der Waals surface area contributed by atoms with E-state index in [1.165, 1.54) is 0 Å². The van der Waals surface area contributed by atoms with Gasteiger partial charge in [-0.3, -0.25) is 9.48 Å². The quantitative estimate of drug-likeness (QED) is 0.610. The van der Waals surface area contributed by atoms with Crippen molar-refractivity contribution in [2.45, 2.75) is 24.8 Å². The number of hydrogen-bond acceptors (Lipinski definition) is 3. The van der Waals surface area contributed by atoms with Crippen LogP contribution < -0.4 is 10.1 Å². The molecule has 0 aliphatic heterocycles.